The Kier molecular flexibility index (Phi) is 5.80. The normalized spacial score (nSPS) is 11.0. The number of hydrogen-bond donors (Lipinski definition) is 1. The lowest BCUT2D eigenvalue weighted by atomic mass is 10.1. The van der Waals surface area contributed by atoms with Crippen molar-refractivity contribution < 1.29 is 9.47 Å². The molecule has 0 unspecified atom stereocenters. The Morgan fingerprint density at radius 2 is 2.04 bits per heavy atom. The second kappa shape index (κ2) is 8.44. The van der Waals surface area contributed by atoms with Crippen LogP contribution in [-0.4, -0.2) is 28.2 Å². The van der Waals surface area contributed by atoms with Crippen molar-refractivity contribution in [2.24, 2.45) is 5.10 Å². The Labute approximate surface area is 157 Å². The molecule has 6 nitrogen and oxygen atoms in total. The highest BCUT2D eigenvalue weighted by atomic mass is 32.1. The highest BCUT2D eigenvalue weighted by molar-refractivity contribution is 7.71. The number of aromatic amines is 1. The number of nitrogens with one attached hydrogen (secondary N) is 1. The van der Waals surface area contributed by atoms with E-state index in [4.69, 9.17) is 21.7 Å². The van der Waals surface area contributed by atoms with Crippen molar-refractivity contribution in [1.82, 2.24) is 14.9 Å². The molecule has 1 N–H and O–H groups in total. The van der Waals surface area contributed by atoms with E-state index in [1.165, 1.54) is 16.6 Å². The molecule has 26 heavy (non-hydrogen) atoms. The monoisotopic (exact) mass is 368 g/mol. The first-order chi connectivity index (χ1) is 12.7. The van der Waals surface area contributed by atoms with Crippen molar-refractivity contribution in [2.75, 3.05) is 7.11 Å². The highest BCUT2D eigenvalue weighted by Crippen LogP contribution is 2.22. The number of H-pyrrole nitrogens is 1. The summed E-state index contributed by atoms with van der Waals surface area (Å²) in [6.07, 6.45) is 4.24. The Balaban J connectivity index is 1.75. The number of rotatable bonds is 7. The van der Waals surface area contributed by atoms with Gasteiger partial charge in [0.25, 0.3) is 0 Å². The van der Waals surface area contributed by atoms with Crippen LogP contribution in [0.1, 0.15) is 23.6 Å². The standard InChI is InChI=1S/C19H20N4O2S/c1-3-14-4-7-17(8-5-14)25-12-16-10-15(6-9-18(16)24-2)11-21-23-13-20-22-19(23)26/h4-11,13H,3,12H2,1-2H3,(H,22,26). The molecule has 0 amide bonds. The lowest BCUT2D eigenvalue weighted by Gasteiger charge is -2.11. The maximum Gasteiger partial charge on any atom is 0.216 e. The maximum absolute atomic E-state index is 5.90. The van der Waals surface area contributed by atoms with Gasteiger partial charge in [-0.15, -0.1) is 0 Å². The molecule has 0 saturated carbocycles. The molecule has 0 fully saturated rings. The molecule has 3 rings (SSSR count). The highest BCUT2D eigenvalue weighted by Gasteiger charge is 2.05. The van der Waals surface area contributed by atoms with Crippen LogP contribution in [0, 0.1) is 4.77 Å². The van der Waals surface area contributed by atoms with Crippen molar-refractivity contribution in [3.05, 3.63) is 70.3 Å². The van der Waals surface area contributed by atoms with E-state index in [-0.39, 0.29) is 0 Å². The fourth-order valence-electron chi connectivity index (χ4n) is 2.43. The summed E-state index contributed by atoms with van der Waals surface area (Å²) in [5.41, 5.74) is 3.13. The van der Waals surface area contributed by atoms with E-state index in [2.05, 4.69) is 34.4 Å². The largest absolute Gasteiger partial charge is 0.496 e. The number of hydrogen-bond acceptors (Lipinski definition) is 5. The van der Waals surface area contributed by atoms with E-state index >= 15 is 0 Å². The third-order valence-corrected chi connectivity index (χ3v) is 4.18. The second-order valence-corrected chi connectivity index (χ2v) is 5.99. The number of aryl methyl sites for hydroxylation is 1. The minimum atomic E-state index is 0.404. The van der Waals surface area contributed by atoms with Crippen LogP contribution in [0.4, 0.5) is 0 Å². The van der Waals surface area contributed by atoms with Gasteiger partial charge in [-0.1, -0.05) is 19.1 Å². The zero-order valence-electron chi connectivity index (χ0n) is 14.7. The first kappa shape index (κ1) is 17.9. The molecule has 0 radical (unpaired) electrons. The Morgan fingerprint density at radius 1 is 1.23 bits per heavy atom. The molecular formula is C19H20N4O2S. The molecule has 0 atom stereocenters. The van der Waals surface area contributed by atoms with E-state index in [0.717, 1.165) is 29.0 Å². The fourth-order valence-corrected chi connectivity index (χ4v) is 2.57. The average molecular weight is 368 g/mol. The Morgan fingerprint density at radius 3 is 2.69 bits per heavy atom. The third kappa shape index (κ3) is 4.37. The molecule has 0 spiro atoms. The smallest absolute Gasteiger partial charge is 0.216 e. The third-order valence-electron chi connectivity index (χ3n) is 3.90. The van der Waals surface area contributed by atoms with Gasteiger partial charge in [-0.3, -0.25) is 5.10 Å². The van der Waals surface area contributed by atoms with Crippen LogP contribution in [0.3, 0.4) is 0 Å². The summed E-state index contributed by atoms with van der Waals surface area (Å²) < 4.78 is 13.3. The predicted octanol–water partition coefficient (Wildman–Crippen LogP) is 3.97. The topological polar surface area (TPSA) is 64.4 Å². The number of ether oxygens (including phenoxy) is 2. The summed E-state index contributed by atoms with van der Waals surface area (Å²) in [6.45, 7) is 2.53. The number of nitrogens with zero attached hydrogens (tertiary/aromatic N) is 3. The second-order valence-electron chi connectivity index (χ2n) is 5.61. The average Bonchev–Trinajstić information content (AvgIpc) is 3.10. The molecule has 0 aliphatic carbocycles. The number of benzene rings is 2. The van der Waals surface area contributed by atoms with Crippen LogP contribution in [0.5, 0.6) is 11.5 Å². The molecule has 134 valence electrons. The summed E-state index contributed by atoms with van der Waals surface area (Å²) in [5, 5.41) is 10.8. The van der Waals surface area contributed by atoms with Crippen molar-refractivity contribution in [1.29, 1.82) is 0 Å². The minimum absolute atomic E-state index is 0.404. The summed E-state index contributed by atoms with van der Waals surface area (Å²) in [4.78, 5) is 0. The van der Waals surface area contributed by atoms with E-state index in [9.17, 15) is 0 Å². The van der Waals surface area contributed by atoms with Gasteiger partial charge in [0.15, 0.2) is 0 Å². The van der Waals surface area contributed by atoms with Gasteiger partial charge in [0.2, 0.25) is 4.77 Å². The molecule has 0 bridgehead atoms. The van der Waals surface area contributed by atoms with Gasteiger partial charge in [-0.05, 0) is 60.1 Å². The molecule has 1 heterocycles. The molecule has 3 aromatic rings. The van der Waals surface area contributed by atoms with Crippen LogP contribution in [0.25, 0.3) is 0 Å². The summed E-state index contributed by atoms with van der Waals surface area (Å²) in [5.74, 6) is 1.60. The molecular weight excluding hydrogens is 348 g/mol. The minimum Gasteiger partial charge on any atom is -0.496 e. The van der Waals surface area contributed by atoms with Crippen LogP contribution in [0.15, 0.2) is 53.9 Å². The quantitative estimate of drug-likeness (QED) is 0.506. The zero-order valence-corrected chi connectivity index (χ0v) is 15.5. The molecule has 0 saturated heterocycles. The van der Waals surface area contributed by atoms with E-state index in [1.807, 2.05) is 30.3 Å². The van der Waals surface area contributed by atoms with Crippen LogP contribution in [0.2, 0.25) is 0 Å². The lowest BCUT2D eigenvalue weighted by molar-refractivity contribution is 0.296. The van der Waals surface area contributed by atoms with E-state index in [0.29, 0.717) is 11.4 Å². The molecule has 0 aliphatic rings. The SMILES string of the molecule is CCc1ccc(OCc2cc(C=Nn3cn[nH]c3=S)ccc2OC)cc1. The fraction of sp³-hybridized carbons (Fsp3) is 0.211. The summed E-state index contributed by atoms with van der Waals surface area (Å²) >= 11 is 5.07. The Hall–Kier alpha value is -2.93. The van der Waals surface area contributed by atoms with Gasteiger partial charge < -0.3 is 9.47 Å². The maximum atomic E-state index is 5.90. The van der Waals surface area contributed by atoms with Crippen molar-refractivity contribution in [3.8, 4) is 11.5 Å². The van der Waals surface area contributed by atoms with Crippen LogP contribution < -0.4 is 9.47 Å². The lowest BCUT2D eigenvalue weighted by Crippen LogP contribution is -2.00. The Bertz CT molecular complexity index is 945. The van der Waals surface area contributed by atoms with E-state index in [1.54, 1.807) is 13.3 Å². The van der Waals surface area contributed by atoms with Crippen molar-refractivity contribution in [3.63, 3.8) is 0 Å². The van der Waals surface area contributed by atoms with Gasteiger partial charge in [0.05, 0.1) is 13.3 Å². The first-order valence-corrected chi connectivity index (χ1v) is 8.65. The van der Waals surface area contributed by atoms with E-state index < -0.39 is 0 Å². The first-order valence-electron chi connectivity index (χ1n) is 8.24. The van der Waals surface area contributed by atoms with Gasteiger partial charge in [0, 0.05) is 5.56 Å². The van der Waals surface area contributed by atoms with Crippen LogP contribution in [-0.2, 0) is 13.0 Å². The summed E-state index contributed by atoms with van der Waals surface area (Å²) in [7, 11) is 1.65. The van der Waals surface area contributed by atoms with Gasteiger partial charge >= 0.3 is 0 Å². The predicted molar refractivity (Wildman–Crippen MR) is 104 cm³/mol. The van der Waals surface area contributed by atoms with Crippen molar-refractivity contribution >= 4 is 18.4 Å². The number of aromatic nitrogens is 3. The zero-order chi connectivity index (χ0) is 18.4. The molecule has 0 aliphatic heterocycles. The summed E-state index contributed by atoms with van der Waals surface area (Å²) in [6, 6.07) is 13.9. The molecule has 7 heteroatoms. The molecule has 2 aromatic carbocycles. The van der Waals surface area contributed by atoms with Gasteiger partial charge in [-0.2, -0.15) is 14.9 Å². The van der Waals surface area contributed by atoms with Gasteiger partial charge in [-0.25, -0.2) is 0 Å². The molecule has 1 aromatic heterocycles. The number of methoxy groups -OCH3 is 1. The van der Waals surface area contributed by atoms with Crippen molar-refractivity contribution in [2.45, 2.75) is 20.0 Å². The van der Waals surface area contributed by atoms with Gasteiger partial charge in [0.1, 0.15) is 24.4 Å². The van der Waals surface area contributed by atoms with Crippen LogP contribution >= 0.6 is 12.2 Å².